The molecule has 0 radical (unpaired) electrons. The van der Waals surface area contributed by atoms with Crippen molar-refractivity contribution in [2.75, 3.05) is 0 Å². The van der Waals surface area contributed by atoms with Crippen LogP contribution in [0.1, 0.15) is 0 Å². The van der Waals surface area contributed by atoms with Gasteiger partial charge in [0.15, 0.2) is 0 Å². The van der Waals surface area contributed by atoms with E-state index in [4.69, 9.17) is 15.1 Å². The number of rotatable bonds is 1. The Bertz CT molecular complexity index is 355. The van der Waals surface area contributed by atoms with Gasteiger partial charge in [-0.15, -0.1) is 0 Å². The molecule has 106 valence electrons. The molecule has 6 nitrogen and oxygen atoms in total. The van der Waals surface area contributed by atoms with Gasteiger partial charge in [0, 0.05) is 0 Å². The Balaban J connectivity index is -0.000000329. The number of hydrogen-bond donors (Lipinski definition) is 3. The van der Waals surface area contributed by atoms with Crippen LogP contribution >= 0.6 is 0 Å². The van der Waals surface area contributed by atoms with Crippen molar-refractivity contribution in [1.82, 2.24) is 0 Å². The molecule has 0 bridgehead atoms. The van der Waals surface area contributed by atoms with Crippen LogP contribution in [0.4, 0.5) is 0 Å². The van der Waals surface area contributed by atoms with Crippen LogP contribution in [0.3, 0.4) is 0 Å². The fourth-order valence-electron chi connectivity index (χ4n) is 1.26. The maximum absolute atomic E-state index is 7.17. The lowest BCUT2D eigenvalue weighted by atomic mass is 10.1. The van der Waals surface area contributed by atoms with Crippen molar-refractivity contribution in [2.45, 2.75) is 0 Å². The molecule has 0 fully saturated rings. The van der Waals surface area contributed by atoms with E-state index >= 15 is 0 Å². The second-order valence-corrected chi connectivity index (χ2v) is 3.08. The van der Waals surface area contributed by atoms with Crippen molar-refractivity contribution < 1.29 is 31.5 Å². The van der Waals surface area contributed by atoms with E-state index < -0.39 is 7.32 Å². The van der Waals surface area contributed by atoms with E-state index in [-0.39, 0.29) is 16.4 Å². The van der Waals surface area contributed by atoms with Crippen LogP contribution in [0.25, 0.3) is 11.1 Å². The summed E-state index contributed by atoms with van der Waals surface area (Å²) in [5.41, 5.74) is 2.55. The average molecular weight is 270 g/mol. The molecule has 0 spiro atoms. The lowest BCUT2D eigenvalue weighted by Crippen LogP contribution is -2.07. The summed E-state index contributed by atoms with van der Waals surface area (Å²) in [5.74, 6) is 0. The quantitative estimate of drug-likeness (QED) is 0.558. The standard InChI is InChI=1S/C12H10.BH3O3.3H2O/c1-3-7-11(8-4-1)12-9-5-2-6-10-12;2-1(3)4;;;/h1-10H;2-4H;3*1H2. The third kappa shape index (κ3) is 9.92. The fourth-order valence-corrected chi connectivity index (χ4v) is 1.26. The summed E-state index contributed by atoms with van der Waals surface area (Å²) < 4.78 is 0. The Kier molecular flexibility index (Phi) is 15.0. The van der Waals surface area contributed by atoms with Crippen molar-refractivity contribution in [2.24, 2.45) is 0 Å². The molecule has 9 N–H and O–H groups in total. The first-order valence-corrected chi connectivity index (χ1v) is 4.85. The van der Waals surface area contributed by atoms with Gasteiger partial charge < -0.3 is 31.5 Å². The van der Waals surface area contributed by atoms with E-state index in [1.54, 1.807) is 0 Å². The second kappa shape index (κ2) is 12.7. The van der Waals surface area contributed by atoms with Gasteiger partial charge in [0.05, 0.1) is 0 Å². The third-order valence-electron chi connectivity index (χ3n) is 1.88. The first kappa shape index (κ1) is 22.4. The van der Waals surface area contributed by atoms with E-state index in [2.05, 4.69) is 48.5 Å². The molecular formula is C12H19BO6. The molecule has 0 unspecified atom stereocenters. The first-order valence-electron chi connectivity index (χ1n) is 4.85. The maximum atomic E-state index is 7.17. The predicted molar refractivity (Wildman–Crippen MR) is 75.1 cm³/mol. The molecular weight excluding hydrogens is 251 g/mol. The molecule has 0 aliphatic heterocycles. The van der Waals surface area contributed by atoms with Gasteiger partial charge in [-0.05, 0) is 11.1 Å². The predicted octanol–water partition coefficient (Wildman–Crippen LogP) is -1.17. The number of hydrogen-bond acceptors (Lipinski definition) is 3. The summed E-state index contributed by atoms with van der Waals surface area (Å²) in [6.07, 6.45) is 0. The minimum absolute atomic E-state index is 0. The van der Waals surface area contributed by atoms with Crippen LogP contribution in [0.15, 0.2) is 60.7 Å². The minimum atomic E-state index is -2.17. The highest BCUT2D eigenvalue weighted by Crippen LogP contribution is 2.17. The van der Waals surface area contributed by atoms with E-state index in [0.29, 0.717) is 0 Å². The van der Waals surface area contributed by atoms with Gasteiger partial charge in [-0.2, -0.15) is 0 Å². The van der Waals surface area contributed by atoms with Gasteiger partial charge >= 0.3 is 7.32 Å². The molecule has 0 aliphatic carbocycles. The second-order valence-electron chi connectivity index (χ2n) is 3.08. The molecule has 0 aliphatic rings. The minimum Gasteiger partial charge on any atom is -0.412 e. The SMILES string of the molecule is O.O.O.OB(O)O.c1ccc(-c2ccccc2)cc1. The normalized spacial score (nSPS) is 7.53. The molecule has 2 rings (SSSR count). The molecule has 0 heterocycles. The molecule has 0 atom stereocenters. The molecule has 0 saturated heterocycles. The molecule has 0 aromatic heterocycles. The summed E-state index contributed by atoms with van der Waals surface area (Å²) in [6, 6.07) is 20.8. The highest BCUT2D eigenvalue weighted by Gasteiger charge is 1.93. The van der Waals surface area contributed by atoms with Crippen LogP contribution < -0.4 is 0 Å². The number of benzene rings is 2. The Morgan fingerprint density at radius 3 is 0.947 bits per heavy atom. The van der Waals surface area contributed by atoms with Crippen molar-refractivity contribution >= 4 is 7.32 Å². The van der Waals surface area contributed by atoms with Crippen molar-refractivity contribution in [3.05, 3.63) is 60.7 Å². The Hall–Kier alpha value is -1.74. The van der Waals surface area contributed by atoms with Crippen LogP contribution in [-0.4, -0.2) is 38.8 Å². The third-order valence-corrected chi connectivity index (χ3v) is 1.88. The van der Waals surface area contributed by atoms with Gasteiger partial charge in [-0.1, -0.05) is 60.7 Å². The monoisotopic (exact) mass is 270 g/mol. The molecule has 19 heavy (non-hydrogen) atoms. The molecule has 0 amide bonds. The Labute approximate surface area is 111 Å². The van der Waals surface area contributed by atoms with Gasteiger partial charge in [0.25, 0.3) is 0 Å². The first-order chi connectivity index (χ1) is 7.70. The summed E-state index contributed by atoms with van der Waals surface area (Å²) >= 11 is 0. The maximum Gasteiger partial charge on any atom is 0.631 e. The van der Waals surface area contributed by atoms with Crippen molar-refractivity contribution in [3.8, 4) is 11.1 Å². The van der Waals surface area contributed by atoms with E-state index in [9.17, 15) is 0 Å². The highest BCUT2D eigenvalue weighted by molar-refractivity contribution is 6.30. The van der Waals surface area contributed by atoms with Gasteiger partial charge in [-0.3, -0.25) is 0 Å². The average Bonchev–Trinajstić information content (AvgIpc) is 2.31. The Morgan fingerprint density at radius 2 is 0.737 bits per heavy atom. The molecule has 0 saturated carbocycles. The van der Waals surface area contributed by atoms with Crippen LogP contribution in [0, 0.1) is 0 Å². The van der Waals surface area contributed by atoms with Gasteiger partial charge in [0.2, 0.25) is 0 Å². The van der Waals surface area contributed by atoms with Gasteiger partial charge in [0.1, 0.15) is 0 Å². The van der Waals surface area contributed by atoms with Crippen molar-refractivity contribution in [3.63, 3.8) is 0 Å². The summed E-state index contributed by atoms with van der Waals surface area (Å²) in [4.78, 5) is 0. The topological polar surface area (TPSA) is 155 Å². The zero-order valence-corrected chi connectivity index (χ0v) is 10.2. The van der Waals surface area contributed by atoms with Crippen LogP contribution in [0.2, 0.25) is 0 Å². The Morgan fingerprint density at radius 1 is 0.526 bits per heavy atom. The van der Waals surface area contributed by atoms with E-state index in [1.165, 1.54) is 11.1 Å². The summed E-state index contributed by atoms with van der Waals surface area (Å²) in [5, 5.41) is 21.5. The zero-order valence-electron chi connectivity index (χ0n) is 10.2. The molecule has 7 heteroatoms. The fraction of sp³-hybridized carbons (Fsp3) is 0. The lowest BCUT2D eigenvalue weighted by Gasteiger charge is -1.98. The summed E-state index contributed by atoms with van der Waals surface area (Å²) in [7, 11) is -2.17. The van der Waals surface area contributed by atoms with E-state index in [1.807, 2.05) is 12.1 Å². The zero-order chi connectivity index (χ0) is 11.8. The molecule has 2 aromatic rings. The smallest absolute Gasteiger partial charge is 0.412 e. The lowest BCUT2D eigenvalue weighted by molar-refractivity contribution is 0.278. The van der Waals surface area contributed by atoms with E-state index in [0.717, 1.165) is 0 Å². The van der Waals surface area contributed by atoms with Crippen molar-refractivity contribution in [1.29, 1.82) is 0 Å². The largest absolute Gasteiger partial charge is 0.631 e. The van der Waals surface area contributed by atoms with Gasteiger partial charge in [-0.25, -0.2) is 0 Å². The highest BCUT2D eigenvalue weighted by atomic mass is 16.5. The summed E-state index contributed by atoms with van der Waals surface area (Å²) in [6.45, 7) is 0. The molecule has 2 aromatic carbocycles. The van der Waals surface area contributed by atoms with Crippen LogP contribution in [-0.2, 0) is 0 Å². The van der Waals surface area contributed by atoms with Crippen LogP contribution in [0.5, 0.6) is 0 Å².